The molecule has 6 nitrogen and oxygen atoms in total. The largest absolute Gasteiger partial charge is 0.496 e. The van der Waals surface area contributed by atoms with E-state index in [0.717, 1.165) is 22.0 Å². The van der Waals surface area contributed by atoms with E-state index < -0.39 is 0 Å². The van der Waals surface area contributed by atoms with Crippen LogP contribution in [-0.4, -0.2) is 36.4 Å². The van der Waals surface area contributed by atoms with Gasteiger partial charge in [-0.2, -0.15) is 0 Å². The van der Waals surface area contributed by atoms with Gasteiger partial charge in [0.15, 0.2) is 11.5 Å². The Morgan fingerprint density at radius 2 is 1.86 bits per heavy atom. The van der Waals surface area contributed by atoms with Gasteiger partial charge in [0.2, 0.25) is 0 Å². The van der Waals surface area contributed by atoms with Gasteiger partial charge >= 0.3 is 0 Å². The summed E-state index contributed by atoms with van der Waals surface area (Å²) in [5.41, 5.74) is 1.16. The summed E-state index contributed by atoms with van der Waals surface area (Å²) in [5.74, 6) is 1.77. The molecule has 1 aromatic heterocycles. The van der Waals surface area contributed by atoms with Crippen molar-refractivity contribution in [1.82, 2.24) is 10.1 Å². The summed E-state index contributed by atoms with van der Waals surface area (Å²) in [6, 6.07) is 17.0. The molecule has 2 aromatic carbocycles. The van der Waals surface area contributed by atoms with E-state index >= 15 is 0 Å². The van der Waals surface area contributed by atoms with Gasteiger partial charge in [-0.3, -0.25) is 4.79 Å². The van der Waals surface area contributed by atoms with Crippen molar-refractivity contribution in [3.63, 3.8) is 0 Å². The smallest absolute Gasteiger partial charge is 0.276 e. The van der Waals surface area contributed by atoms with E-state index in [-0.39, 0.29) is 18.2 Å². The zero-order valence-electron chi connectivity index (χ0n) is 16.0. The van der Waals surface area contributed by atoms with Gasteiger partial charge in [-0.25, -0.2) is 0 Å². The normalized spacial score (nSPS) is 10.5. The highest BCUT2D eigenvalue weighted by atomic mass is 32.2. The summed E-state index contributed by atoms with van der Waals surface area (Å²) in [7, 11) is 3.33. The number of para-hydroxylation sites is 2. The molecule has 3 aromatic rings. The molecular weight excluding hydrogens is 376 g/mol. The van der Waals surface area contributed by atoms with E-state index in [2.05, 4.69) is 5.16 Å². The number of nitrogens with zero attached hydrogens (tertiary/aromatic N) is 2. The van der Waals surface area contributed by atoms with Gasteiger partial charge in [0, 0.05) is 30.1 Å². The van der Waals surface area contributed by atoms with Crippen LogP contribution < -0.4 is 9.47 Å². The first-order valence-corrected chi connectivity index (χ1v) is 9.93. The Morgan fingerprint density at radius 3 is 2.61 bits per heavy atom. The third-order valence-electron chi connectivity index (χ3n) is 4.16. The lowest BCUT2D eigenvalue weighted by molar-refractivity contribution is 0.0773. The molecule has 1 amide bonds. The van der Waals surface area contributed by atoms with Crippen LogP contribution in [0, 0.1) is 0 Å². The minimum atomic E-state index is -0.231. The van der Waals surface area contributed by atoms with Crippen molar-refractivity contribution in [2.24, 2.45) is 0 Å². The highest BCUT2D eigenvalue weighted by Gasteiger charge is 2.18. The maximum absolute atomic E-state index is 12.7. The quantitative estimate of drug-likeness (QED) is 0.529. The SMILES string of the molecule is COc1ccccc1CN(C)C(=O)c1cc(COc2ccccc2SC)on1. The van der Waals surface area contributed by atoms with E-state index in [1.54, 1.807) is 36.9 Å². The summed E-state index contributed by atoms with van der Waals surface area (Å²) >= 11 is 1.61. The van der Waals surface area contributed by atoms with Crippen LogP contribution in [0.25, 0.3) is 0 Å². The fourth-order valence-electron chi connectivity index (χ4n) is 2.73. The molecule has 0 spiro atoms. The van der Waals surface area contributed by atoms with Gasteiger partial charge in [-0.15, -0.1) is 11.8 Å². The number of ether oxygens (including phenoxy) is 2. The Hall–Kier alpha value is -2.93. The minimum absolute atomic E-state index is 0.202. The van der Waals surface area contributed by atoms with Crippen LogP contribution in [0.3, 0.4) is 0 Å². The van der Waals surface area contributed by atoms with Gasteiger partial charge in [-0.05, 0) is 24.5 Å². The highest BCUT2D eigenvalue weighted by Crippen LogP contribution is 2.27. The Balaban J connectivity index is 1.63. The molecule has 3 rings (SSSR count). The van der Waals surface area contributed by atoms with Gasteiger partial charge in [0.1, 0.15) is 18.1 Å². The summed E-state index contributed by atoms with van der Waals surface area (Å²) in [5, 5.41) is 3.89. The average Bonchev–Trinajstić information content (AvgIpc) is 3.21. The Bertz CT molecular complexity index is 941. The Labute approximate surface area is 168 Å². The summed E-state index contributed by atoms with van der Waals surface area (Å²) in [6.07, 6.45) is 1.99. The van der Waals surface area contributed by atoms with Gasteiger partial charge in [-0.1, -0.05) is 35.5 Å². The number of carbonyl (C=O) groups is 1. The number of carbonyl (C=O) groups excluding carboxylic acids is 1. The van der Waals surface area contributed by atoms with E-state index in [4.69, 9.17) is 14.0 Å². The second-order valence-electron chi connectivity index (χ2n) is 6.09. The highest BCUT2D eigenvalue weighted by molar-refractivity contribution is 7.98. The predicted octanol–water partition coefficient (Wildman–Crippen LogP) is 4.26. The minimum Gasteiger partial charge on any atom is -0.496 e. The molecule has 0 atom stereocenters. The van der Waals surface area contributed by atoms with E-state index in [1.807, 2.05) is 54.8 Å². The van der Waals surface area contributed by atoms with Gasteiger partial charge < -0.3 is 18.9 Å². The standard InChI is InChI=1S/C21H22N2O4S/c1-23(13-15-8-4-5-9-18(15)25-2)21(24)17-12-16(27-22-17)14-26-19-10-6-7-11-20(19)28-3/h4-12H,13-14H2,1-3H3. The van der Waals surface area contributed by atoms with Crippen molar-refractivity contribution in [2.75, 3.05) is 20.4 Å². The number of thioether (sulfide) groups is 1. The summed E-state index contributed by atoms with van der Waals surface area (Å²) in [6.45, 7) is 0.608. The van der Waals surface area contributed by atoms with Crippen LogP contribution >= 0.6 is 11.8 Å². The zero-order valence-corrected chi connectivity index (χ0v) is 16.9. The molecule has 0 unspecified atom stereocenters. The molecule has 0 radical (unpaired) electrons. The molecule has 0 saturated heterocycles. The maximum Gasteiger partial charge on any atom is 0.276 e. The summed E-state index contributed by atoms with van der Waals surface area (Å²) < 4.78 is 16.4. The second kappa shape index (κ2) is 9.32. The first kappa shape index (κ1) is 19.8. The number of hydrogen-bond acceptors (Lipinski definition) is 6. The van der Waals surface area contributed by atoms with Crippen LogP contribution in [0.1, 0.15) is 21.8 Å². The number of hydrogen-bond donors (Lipinski definition) is 0. The second-order valence-corrected chi connectivity index (χ2v) is 6.94. The molecular formula is C21H22N2O4S. The molecule has 0 aliphatic carbocycles. The van der Waals surface area contributed by atoms with Gasteiger partial charge in [0.25, 0.3) is 5.91 Å². The van der Waals surface area contributed by atoms with E-state index in [1.165, 1.54) is 0 Å². The third kappa shape index (κ3) is 4.67. The monoisotopic (exact) mass is 398 g/mol. The first-order valence-electron chi connectivity index (χ1n) is 8.71. The number of benzene rings is 2. The van der Waals surface area contributed by atoms with Crippen LogP contribution in [0.5, 0.6) is 11.5 Å². The average molecular weight is 398 g/mol. The first-order chi connectivity index (χ1) is 13.6. The molecule has 7 heteroatoms. The van der Waals surface area contributed by atoms with Crippen molar-refractivity contribution in [1.29, 1.82) is 0 Å². The fraction of sp³-hybridized carbons (Fsp3) is 0.238. The molecule has 0 saturated carbocycles. The van der Waals surface area contributed by atoms with Gasteiger partial charge in [0.05, 0.1) is 7.11 Å². The van der Waals surface area contributed by atoms with Crippen molar-refractivity contribution >= 4 is 17.7 Å². The predicted molar refractivity (Wildman–Crippen MR) is 108 cm³/mol. The van der Waals surface area contributed by atoms with Crippen molar-refractivity contribution < 1.29 is 18.8 Å². The molecule has 28 heavy (non-hydrogen) atoms. The van der Waals surface area contributed by atoms with Crippen LogP contribution in [0.15, 0.2) is 64.0 Å². The number of aromatic nitrogens is 1. The Kier molecular flexibility index (Phi) is 6.60. The molecule has 0 aliphatic heterocycles. The Morgan fingerprint density at radius 1 is 1.14 bits per heavy atom. The molecule has 0 bridgehead atoms. The molecule has 0 aliphatic rings. The molecule has 0 N–H and O–H groups in total. The van der Waals surface area contributed by atoms with E-state index in [9.17, 15) is 4.79 Å². The topological polar surface area (TPSA) is 64.8 Å². The number of rotatable bonds is 8. The van der Waals surface area contributed by atoms with Crippen molar-refractivity contribution in [3.05, 3.63) is 71.6 Å². The van der Waals surface area contributed by atoms with E-state index in [0.29, 0.717) is 12.3 Å². The van der Waals surface area contributed by atoms with Crippen LogP contribution in [0.4, 0.5) is 0 Å². The van der Waals surface area contributed by atoms with Crippen LogP contribution in [0.2, 0.25) is 0 Å². The van der Waals surface area contributed by atoms with Crippen molar-refractivity contribution in [2.45, 2.75) is 18.0 Å². The molecule has 0 fully saturated rings. The van der Waals surface area contributed by atoms with Crippen LogP contribution in [-0.2, 0) is 13.2 Å². The third-order valence-corrected chi connectivity index (χ3v) is 4.94. The lowest BCUT2D eigenvalue weighted by atomic mass is 10.2. The summed E-state index contributed by atoms with van der Waals surface area (Å²) in [4.78, 5) is 15.3. The maximum atomic E-state index is 12.7. The lowest BCUT2D eigenvalue weighted by Crippen LogP contribution is -2.26. The zero-order chi connectivity index (χ0) is 19.9. The number of methoxy groups -OCH3 is 1. The molecule has 1 heterocycles. The molecule has 146 valence electrons. The van der Waals surface area contributed by atoms with Crippen molar-refractivity contribution in [3.8, 4) is 11.5 Å². The fourth-order valence-corrected chi connectivity index (χ4v) is 3.27. The lowest BCUT2D eigenvalue weighted by Gasteiger charge is -2.17. The number of amides is 1.